The maximum atomic E-state index is 11.4. The minimum atomic E-state index is -0.415. The number of aliphatic hydroxyl groups is 1. The Morgan fingerprint density at radius 1 is 1.33 bits per heavy atom. The SMILES string of the molecule is Nc1ccc2cc(CCO)c(=O)oc2c1. The summed E-state index contributed by atoms with van der Waals surface area (Å²) in [7, 11) is 0. The van der Waals surface area contributed by atoms with E-state index in [1.54, 1.807) is 24.3 Å². The zero-order valence-corrected chi connectivity index (χ0v) is 8.06. The van der Waals surface area contributed by atoms with Gasteiger partial charge in [0.15, 0.2) is 0 Å². The molecule has 0 saturated carbocycles. The molecule has 2 aromatic rings. The zero-order chi connectivity index (χ0) is 10.8. The summed E-state index contributed by atoms with van der Waals surface area (Å²) in [6.07, 6.45) is 0.308. The monoisotopic (exact) mass is 205 g/mol. The highest BCUT2D eigenvalue weighted by Gasteiger charge is 2.04. The van der Waals surface area contributed by atoms with Crippen LogP contribution in [0.1, 0.15) is 5.56 Å². The third-order valence-corrected chi connectivity index (χ3v) is 2.21. The standard InChI is InChI=1S/C11H11NO3/c12-9-2-1-7-5-8(3-4-13)11(14)15-10(7)6-9/h1-2,5-6,13H,3-4,12H2. The molecule has 0 unspecified atom stereocenters. The molecular formula is C11H11NO3. The van der Waals surface area contributed by atoms with Gasteiger partial charge in [-0.3, -0.25) is 0 Å². The molecule has 3 N–H and O–H groups in total. The van der Waals surface area contributed by atoms with Crippen molar-refractivity contribution in [2.45, 2.75) is 6.42 Å². The lowest BCUT2D eigenvalue weighted by atomic mass is 10.1. The Labute approximate surface area is 85.9 Å². The van der Waals surface area contributed by atoms with Crippen molar-refractivity contribution < 1.29 is 9.52 Å². The third-order valence-electron chi connectivity index (χ3n) is 2.21. The molecule has 0 aliphatic rings. The molecule has 1 heterocycles. The van der Waals surface area contributed by atoms with Gasteiger partial charge in [0, 0.05) is 35.7 Å². The molecule has 0 radical (unpaired) electrons. The molecule has 0 bridgehead atoms. The Balaban J connectivity index is 2.65. The molecule has 2 rings (SSSR count). The van der Waals surface area contributed by atoms with Crippen LogP contribution in [0.3, 0.4) is 0 Å². The molecule has 4 heteroatoms. The van der Waals surface area contributed by atoms with Gasteiger partial charge in [-0.1, -0.05) is 0 Å². The first-order valence-electron chi connectivity index (χ1n) is 4.64. The van der Waals surface area contributed by atoms with Crippen LogP contribution >= 0.6 is 0 Å². The highest BCUT2D eigenvalue weighted by molar-refractivity contribution is 5.80. The second-order valence-electron chi connectivity index (χ2n) is 3.33. The molecule has 0 saturated heterocycles. The van der Waals surface area contributed by atoms with Gasteiger partial charge in [0.05, 0.1) is 0 Å². The minimum Gasteiger partial charge on any atom is -0.422 e. The minimum absolute atomic E-state index is 0.0642. The van der Waals surface area contributed by atoms with Gasteiger partial charge in [-0.2, -0.15) is 0 Å². The maximum Gasteiger partial charge on any atom is 0.339 e. The van der Waals surface area contributed by atoms with Crippen molar-refractivity contribution in [3.63, 3.8) is 0 Å². The van der Waals surface area contributed by atoms with E-state index in [0.29, 0.717) is 23.3 Å². The summed E-state index contributed by atoms with van der Waals surface area (Å²) in [6, 6.07) is 6.86. The van der Waals surface area contributed by atoms with Gasteiger partial charge < -0.3 is 15.3 Å². The lowest BCUT2D eigenvalue weighted by molar-refractivity contribution is 0.298. The topological polar surface area (TPSA) is 76.5 Å². The van der Waals surface area contributed by atoms with Crippen LogP contribution in [-0.2, 0) is 6.42 Å². The summed E-state index contributed by atoms with van der Waals surface area (Å²) in [6.45, 7) is -0.0642. The van der Waals surface area contributed by atoms with Gasteiger partial charge in [-0.15, -0.1) is 0 Å². The molecule has 1 aromatic carbocycles. The van der Waals surface area contributed by atoms with Gasteiger partial charge in [0.1, 0.15) is 5.58 Å². The quantitative estimate of drug-likeness (QED) is 0.564. The Morgan fingerprint density at radius 3 is 2.87 bits per heavy atom. The van der Waals surface area contributed by atoms with Crippen LogP contribution < -0.4 is 11.4 Å². The Hall–Kier alpha value is -1.81. The van der Waals surface area contributed by atoms with E-state index in [1.807, 2.05) is 0 Å². The van der Waals surface area contributed by atoms with Crippen molar-refractivity contribution in [2.24, 2.45) is 0 Å². The van der Waals surface area contributed by atoms with Crippen molar-refractivity contribution in [1.82, 2.24) is 0 Å². The summed E-state index contributed by atoms with van der Waals surface area (Å²) in [5.41, 5.74) is 6.67. The van der Waals surface area contributed by atoms with Crippen LogP contribution in [0.25, 0.3) is 11.0 Å². The number of fused-ring (bicyclic) bond motifs is 1. The summed E-state index contributed by atoms with van der Waals surface area (Å²) < 4.78 is 5.08. The fraction of sp³-hybridized carbons (Fsp3) is 0.182. The van der Waals surface area contributed by atoms with Crippen LogP contribution in [-0.4, -0.2) is 11.7 Å². The number of nitrogen functional groups attached to an aromatic ring is 1. The smallest absolute Gasteiger partial charge is 0.339 e. The van der Waals surface area contributed by atoms with E-state index >= 15 is 0 Å². The molecular weight excluding hydrogens is 194 g/mol. The molecule has 0 aliphatic heterocycles. The molecule has 15 heavy (non-hydrogen) atoms. The fourth-order valence-corrected chi connectivity index (χ4v) is 1.47. The number of nitrogens with two attached hydrogens (primary N) is 1. The average Bonchev–Trinajstić information content (AvgIpc) is 2.20. The Bertz CT molecular complexity index is 545. The van der Waals surface area contributed by atoms with E-state index in [0.717, 1.165) is 5.39 Å². The Kier molecular flexibility index (Phi) is 2.43. The van der Waals surface area contributed by atoms with Crippen molar-refractivity contribution in [3.05, 3.63) is 40.2 Å². The predicted octanol–water partition coefficient (Wildman–Crippen LogP) is 0.910. The van der Waals surface area contributed by atoms with Gasteiger partial charge in [0.25, 0.3) is 0 Å². The lowest BCUT2D eigenvalue weighted by Crippen LogP contribution is -2.08. The van der Waals surface area contributed by atoms with Crippen LogP contribution in [0.5, 0.6) is 0 Å². The summed E-state index contributed by atoms with van der Waals surface area (Å²) in [4.78, 5) is 11.4. The summed E-state index contributed by atoms with van der Waals surface area (Å²) in [5, 5.41) is 9.57. The van der Waals surface area contributed by atoms with E-state index in [9.17, 15) is 4.79 Å². The Morgan fingerprint density at radius 2 is 2.13 bits per heavy atom. The number of anilines is 1. The number of hydrogen-bond acceptors (Lipinski definition) is 4. The molecule has 0 fully saturated rings. The lowest BCUT2D eigenvalue weighted by Gasteiger charge is -2.01. The first-order valence-corrected chi connectivity index (χ1v) is 4.64. The van der Waals surface area contributed by atoms with E-state index in [1.165, 1.54) is 0 Å². The summed E-state index contributed by atoms with van der Waals surface area (Å²) in [5.74, 6) is 0. The van der Waals surface area contributed by atoms with Crippen LogP contribution in [0, 0.1) is 0 Å². The van der Waals surface area contributed by atoms with Gasteiger partial charge in [-0.05, 0) is 18.2 Å². The van der Waals surface area contributed by atoms with Crippen molar-refractivity contribution in [1.29, 1.82) is 0 Å². The van der Waals surface area contributed by atoms with Crippen LogP contribution in [0.2, 0.25) is 0 Å². The number of benzene rings is 1. The van der Waals surface area contributed by atoms with Gasteiger partial charge in [-0.25, -0.2) is 4.79 Å². The summed E-state index contributed by atoms with van der Waals surface area (Å²) >= 11 is 0. The molecule has 1 aromatic heterocycles. The first kappa shape index (κ1) is 9.73. The fourth-order valence-electron chi connectivity index (χ4n) is 1.47. The molecule has 4 nitrogen and oxygen atoms in total. The van der Waals surface area contributed by atoms with Crippen molar-refractivity contribution >= 4 is 16.7 Å². The second-order valence-corrected chi connectivity index (χ2v) is 3.33. The molecule has 0 aliphatic carbocycles. The number of hydrogen-bond donors (Lipinski definition) is 2. The van der Waals surface area contributed by atoms with E-state index in [-0.39, 0.29) is 6.61 Å². The molecule has 0 spiro atoms. The van der Waals surface area contributed by atoms with Crippen LogP contribution in [0.4, 0.5) is 5.69 Å². The average molecular weight is 205 g/mol. The first-order chi connectivity index (χ1) is 7.20. The highest BCUT2D eigenvalue weighted by atomic mass is 16.4. The number of aliphatic hydroxyl groups excluding tert-OH is 1. The molecule has 0 amide bonds. The van der Waals surface area contributed by atoms with E-state index in [2.05, 4.69) is 0 Å². The molecule has 0 atom stereocenters. The highest BCUT2D eigenvalue weighted by Crippen LogP contribution is 2.16. The van der Waals surface area contributed by atoms with Crippen molar-refractivity contribution in [3.8, 4) is 0 Å². The van der Waals surface area contributed by atoms with Gasteiger partial charge >= 0.3 is 5.63 Å². The zero-order valence-electron chi connectivity index (χ0n) is 8.06. The van der Waals surface area contributed by atoms with Crippen molar-refractivity contribution in [2.75, 3.05) is 12.3 Å². The normalized spacial score (nSPS) is 10.7. The largest absolute Gasteiger partial charge is 0.422 e. The predicted molar refractivity (Wildman–Crippen MR) is 57.7 cm³/mol. The molecule has 78 valence electrons. The number of rotatable bonds is 2. The van der Waals surface area contributed by atoms with E-state index < -0.39 is 5.63 Å². The van der Waals surface area contributed by atoms with Gasteiger partial charge in [0.2, 0.25) is 0 Å². The maximum absolute atomic E-state index is 11.4. The third kappa shape index (κ3) is 1.85. The van der Waals surface area contributed by atoms with Crippen LogP contribution in [0.15, 0.2) is 33.5 Å². The second kappa shape index (κ2) is 3.74. The van der Waals surface area contributed by atoms with E-state index in [4.69, 9.17) is 15.3 Å².